The number of halogens is 1. The summed E-state index contributed by atoms with van der Waals surface area (Å²) in [6, 6.07) is 3.90. The van der Waals surface area contributed by atoms with Crippen LogP contribution in [0.4, 0.5) is 4.39 Å². The number of rotatable bonds is 9. The molecule has 2 aliphatic heterocycles. The molecule has 0 unspecified atom stereocenters. The number of aliphatic hydroxyl groups excluding tert-OH is 1. The van der Waals surface area contributed by atoms with Gasteiger partial charge in [0.05, 0.1) is 36.2 Å². The zero-order valence-electron chi connectivity index (χ0n) is 17.6. The summed E-state index contributed by atoms with van der Waals surface area (Å²) in [6.45, 7) is 3.21. The normalized spacial score (nSPS) is 25.3. The molecule has 10 heteroatoms. The second-order valence-corrected chi connectivity index (χ2v) is 9.91. The van der Waals surface area contributed by atoms with E-state index in [1.165, 1.54) is 31.4 Å². The quantitative estimate of drug-likeness (QED) is 0.511. The topological polar surface area (TPSA) is 108 Å². The molecule has 8 nitrogen and oxygen atoms in total. The number of nitrogens with zero attached hydrogens (tertiary/aromatic N) is 1. The van der Waals surface area contributed by atoms with Gasteiger partial charge in [-0.1, -0.05) is 6.42 Å². The van der Waals surface area contributed by atoms with E-state index in [1.54, 1.807) is 0 Å². The maximum absolute atomic E-state index is 13.1. The Labute approximate surface area is 183 Å². The minimum absolute atomic E-state index is 0.0548. The molecule has 1 aromatic rings. The van der Waals surface area contributed by atoms with Crippen LogP contribution in [0, 0.1) is 5.82 Å². The van der Waals surface area contributed by atoms with Crippen molar-refractivity contribution in [3.63, 3.8) is 0 Å². The molecular weight excluding hydrogens is 425 g/mol. The fourth-order valence-electron chi connectivity index (χ4n) is 4.11. The zero-order chi connectivity index (χ0) is 22.3. The van der Waals surface area contributed by atoms with Crippen molar-refractivity contribution < 1.29 is 27.4 Å². The molecule has 1 amide bonds. The van der Waals surface area contributed by atoms with E-state index in [-0.39, 0.29) is 29.9 Å². The molecular formula is C21H32FN3O5S. The fourth-order valence-corrected chi connectivity index (χ4v) is 5.41. The number of carbonyl (C=O) groups excluding carboxylic acids is 1. The lowest BCUT2D eigenvalue weighted by Crippen LogP contribution is -2.51. The zero-order valence-corrected chi connectivity index (χ0v) is 18.4. The summed E-state index contributed by atoms with van der Waals surface area (Å²) in [5.41, 5.74) is 0. The summed E-state index contributed by atoms with van der Waals surface area (Å²) in [7, 11) is -3.87. The Balaban J connectivity index is 1.45. The maximum Gasteiger partial charge on any atom is 0.240 e. The van der Waals surface area contributed by atoms with Crippen LogP contribution in [-0.4, -0.2) is 75.4 Å². The Hall–Kier alpha value is -1.59. The van der Waals surface area contributed by atoms with Crippen LogP contribution in [0.1, 0.15) is 38.5 Å². The van der Waals surface area contributed by atoms with Crippen LogP contribution >= 0.6 is 0 Å². The number of benzene rings is 1. The van der Waals surface area contributed by atoms with Gasteiger partial charge in [-0.05, 0) is 63.0 Å². The Morgan fingerprint density at radius 1 is 1.16 bits per heavy atom. The smallest absolute Gasteiger partial charge is 0.240 e. The maximum atomic E-state index is 13.1. The summed E-state index contributed by atoms with van der Waals surface area (Å²) < 4.78 is 46.5. The van der Waals surface area contributed by atoms with Crippen LogP contribution in [0.25, 0.3) is 0 Å². The number of nitrogens with one attached hydrogen (secondary N) is 2. The van der Waals surface area contributed by atoms with Gasteiger partial charge in [-0.25, -0.2) is 17.5 Å². The molecule has 0 bridgehead atoms. The van der Waals surface area contributed by atoms with E-state index in [1.807, 2.05) is 0 Å². The highest BCUT2D eigenvalue weighted by atomic mass is 32.2. The number of aliphatic hydroxyl groups is 1. The van der Waals surface area contributed by atoms with Gasteiger partial charge in [0, 0.05) is 13.1 Å². The highest BCUT2D eigenvalue weighted by molar-refractivity contribution is 7.89. The Kier molecular flexibility index (Phi) is 8.79. The number of hydrogen-bond donors (Lipinski definition) is 3. The van der Waals surface area contributed by atoms with Crippen LogP contribution in [0.2, 0.25) is 0 Å². The van der Waals surface area contributed by atoms with Crippen LogP contribution in [0.3, 0.4) is 0 Å². The minimum atomic E-state index is -3.87. The Morgan fingerprint density at radius 3 is 2.55 bits per heavy atom. The second-order valence-electron chi connectivity index (χ2n) is 8.19. The standard InChI is InChI=1S/C21H32FN3O5S/c22-16-4-7-18(8-5-16)31(28,29)24-19-9-6-17(30-20(19)15-26)14-21(27)23-10-13-25-11-2-1-3-12-25/h4-5,7-8,17,19-20,24,26H,1-3,6,9-15H2,(H,23,27)/t17-,19+,20+/m0/s1. The van der Waals surface area contributed by atoms with Crippen molar-refractivity contribution in [1.29, 1.82) is 0 Å². The lowest BCUT2D eigenvalue weighted by molar-refractivity contribution is -0.130. The van der Waals surface area contributed by atoms with Gasteiger partial charge in [-0.15, -0.1) is 0 Å². The first-order valence-electron chi connectivity index (χ1n) is 10.9. The van der Waals surface area contributed by atoms with E-state index in [9.17, 15) is 22.7 Å². The molecule has 0 aliphatic carbocycles. The first-order valence-corrected chi connectivity index (χ1v) is 12.4. The molecule has 3 atom stereocenters. The Morgan fingerprint density at radius 2 is 1.87 bits per heavy atom. The van der Waals surface area contributed by atoms with Crippen molar-refractivity contribution in [2.24, 2.45) is 0 Å². The van der Waals surface area contributed by atoms with E-state index in [0.717, 1.165) is 31.8 Å². The summed E-state index contributed by atoms with van der Waals surface area (Å²) in [4.78, 5) is 14.5. The van der Waals surface area contributed by atoms with Crippen LogP contribution in [0.5, 0.6) is 0 Å². The van der Waals surface area contributed by atoms with Gasteiger partial charge in [0.15, 0.2) is 0 Å². The number of likely N-dealkylation sites (tertiary alicyclic amines) is 1. The van der Waals surface area contributed by atoms with E-state index in [2.05, 4.69) is 14.9 Å². The molecule has 1 aromatic carbocycles. The molecule has 0 spiro atoms. The second kappa shape index (κ2) is 11.3. The number of sulfonamides is 1. The molecule has 3 rings (SSSR count). The molecule has 0 radical (unpaired) electrons. The highest BCUT2D eigenvalue weighted by Gasteiger charge is 2.34. The van der Waals surface area contributed by atoms with Crippen molar-refractivity contribution in [3.05, 3.63) is 30.1 Å². The summed E-state index contributed by atoms with van der Waals surface area (Å²) in [5.74, 6) is -0.630. The fraction of sp³-hybridized carbons (Fsp3) is 0.667. The van der Waals surface area contributed by atoms with E-state index < -0.39 is 28.0 Å². The average molecular weight is 458 g/mol. The van der Waals surface area contributed by atoms with E-state index >= 15 is 0 Å². The van der Waals surface area contributed by atoms with Crippen LogP contribution in [-0.2, 0) is 19.6 Å². The van der Waals surface area contributed by atoms with Gasteiger partial charge in [0.2, 0.25) is 15.9 Å². The van der Waals surface area contributed by atoms with Gasteiger partial charge < -0.3 is 20.1 Å². The van der Waals surface area contributed by atoms with Crippen LogP contribution in [0.15, 0.2) is 29.2 Å². The third kappa shape index (κ3) is 7.21. The van der Waals surface area contributed by atoms with Gasteiger partial charge in [-0.2, -0.15) is 0 Å². The van der Waals surface area contributed by atoms with Gasteiger partial charge in [0.25, 0.3) is 0 Å². The van der Waals surface area contributed by atoms with Crippen LogP contribution < -0.4 is 10.0 Å². The molecule has 0 saturated carbocycles. The third-order valence-corrected chi connectivity index (χ3v) is 7.34. The predicted octanol–water partition coefficient (Wildman–Crippen LogP) is 1.00. The highest BCUT2D eigenvalue weighted by Crippen LogP contribution is 2.23. The first-order chi connectivity index (χ1) is 14.9. The Bertz CT molecular complexity index is 815. The van der Waals surface area contributed by atoms with E-state index in [0.29, 0.717) is 19.4 Å². The SMILES string of the molecule is O=C(C[C@@H]1CC[C@@H](NS(=O)(=O)c2ccc(F)cc2)[C@@H](CO)O1)NCCN1CCCCC1. The van der Waals surface area contributed by atoms with Crippen molar-refractivity contribution in [2.75, 3.05) is 32.8 Å². The molecule has 31 heavy (non-hydrogen) atoms. The molecule has 2 fully saturated rings. The first kappa shape index (κ1) is 24.1. The number of amides is 1. The average Bonchev–Trinajstić information content (AvgIpc) is 2.75. The number of piperidine rings is 1. The van der Waals surface area contributed by atoms with Crippen molar-refractivity contribution in [3.8, 4) is 0 Å². The number of ether oxygens (including phenoxy) is 1. The predicted molar refractivity (Wildman–Crippen MR) is 113 cm³/mol. The summed E-state index contributed by atoms with van der Waals surface area (Å²) in [5, 5.41) is 12.6. The third-order valence-electron chi connectivity index (χ3n) is 5.84. The van der Waals surface area contributed by atoms with Gasteiger partial charge in [0.1, 0.15) is 5.82 Å². The molecule has 2 heterocycles. The summed E-state index contributed by atoms with van der Waals surface area (Å²) >= 11 is 0. The minimum Gasteiger partial charge on any atom is -0.394 e. The lowest BCUT2D eigenvalue weighted by atomic mass is 9.98. The number of carbonyl (C=O) groups is 1. The molecule has 2 aliphatic rings. The lowest BCUT2D eigenvalue weighted by Gasteiger charge is -2.35. The largest absolute Gasteiger partial charge is 0.394 e. The monoisotopic (exact) mass is 457 g/mol. The van der Waals surface area contributed by atoms with Crippen molar-refractivity contribution in [1.82, 2.24) is 14.9 Å². The summed E-state index contributed by atoms with van der Waals surface area (Å²) in [6.07, 6.45) is 3.65. The molecule has 0 aromatic heterocycles. The van der Waals surface area contributed by atoms with Gasteiger partial charge in [-0.3, -0.25) is 4.79 Å². The van der Waals surface area contributed by atoms with E-state index in [4.69, 9.17) is 4.74 Å². The number of hydrogen-bond acceptors (Lipinski definition) is 6. The molecule has 2 saturated heterocycles. The molecule has 3 N–H and O–H groups in total. The van der Waals surface area contributed by atoms with Crippen molar-refractivity contribution >= 4 is 15.9 Å². The molecule has 174 valence electrons. The van der Waals surface area contributed by atoms with Gasteiger partial charge >= 0.3 is 0 Å². The van der Waals surface area contributed by atoms with Crippen molar-refractivity contribution in [2.45, 2.75) is 61.7 Å².